The van der Waals surface area contributed by atoms with Crippen molar-refractivity contribution in [3.63, 3.8) is 0 Å². The summed E-state index contributed by atoms with van der Waals surface area (Å²) in [5, 5.41) is 12.9. The second-order valence-electron chi connectivity index (χ2n) is 6.61. The van der Waals surface area contributed by atoms with Crippen molar-refractivity contribution in [2.24, 2.45) is 0 Å². The smallest absolute Gasteiger partial charge is 0.227 e. The Hall–Kier alpha value is -3.79. The lowest BCUT2D eigenvalue weighted by Gasteiger charge is -2.08. The zero-order valence-electron chi connectivity index (χ0n) is 15.4. The van der Waals surface area contributed by atoms with Gasteiger partial charge in [-0.1, -0.05) is 6.07 Å². The van der Waals surface area contributed by atoms with Gasteiger partial charge in [0.05, 0.1) is 28.7 Å². The summed E-state index contributed by atoms with van der Waals surface area (Å²) in [4.78, 5) is 13.0. The normalized spacial score (nSPS) is 11.0. The van der Waals surface area contributed by atoms with Crippen molar-refractivity contribution in [2.45, 2.75) is 19.9 Å². The van der Waals surface area contributed by atoms with Crippen molar-refractivity contribution < 1.29 is 4.39 Å². The van der Waals surface area contributed by atoms with Crippen LogP contribution in [0, 0.1) is 17.1 Å². The summed E-state index contributed by atoms with van der Waals surface area (Å²) >= 11 is 0. The maximum Gasteiger partial charge on any atom is 0.227 e. The van der Waals surface area contributed by atoms with Crippen LogP contribution in [0.15, 0.2) is 55.1 Å². The number of nitrogens with zero attached hydrogens (tertiary/aromatic N) is 5. The molecule has 0 bridgehead atoms. The first kappa shape index (κ1) is 17.6. The average Bonchev–Trinajstić information content (AvgIpc) is 3.10. The predicted molar refractivity (Wildman–Crippen MR) is 106 cm³/mol. The molecule has 0 saturated heterocycles. The maximum absolute atomic E-state index is 14.3. The number of nitriles is 1. The third kappa shape index (κ3) is 3.05. The third-order valence-corrected chi connectivity index (χ3v) is 4.49. The third-order valence-electron chi connectivity index (χ3n) is 4.49. The van der Waals surface area contributed by atoms with Gasteiger partial charge in [0.15, 0.2) is 5.82 Å². The van der Waals surface area contributed by atoms with Crippen molar-refractivity contribution in [1.82, 2.24) is 19.5 Å². The molecule has 0 atom stereocenters. The lowest BCUT2D eigenvalue weighted by atomic mass is 10.1. The summed E-state index contributed by atoms with van der Waals surface area (Å²) in [5.74, 6) is -0.368. The van der Waals surface area contributed by atoms with Crippen LogP contribution in [0.1, 0.15) is 25.5 Å². The highest BCUT2D eigenvalue weighted by atomic mass is 19.1. The molecule has 0 unspecified atom stereocenters. The van der Waals surface area contributed by atoms with Gasteiger partial charge in [0.1, 0.15) is 6.07 Å². The van der Waals surface area contributed by atoms with Crippen LogP contribution in [0.2, 0.25) is 0 Å². The summed E-state index contributed by atoms with van der Waals surface area (Å²) in [5.41, 5.74) is 2.81. The second-order valence-corrected chi connectivity index (χ2v) is 6.61. The molecule has 0 amide bonds. The number of halogens is 1. The van der Waals surface area contributed by atoms with E-state index in [0.29, 0.717) is 5.69 Å². The van der Waals surface area contributed by atoms with Crippen molar-refractivity contribution in [1.29, 1.82) is 5.26 Å². The lowest BCUT2D eigenvalue weighted by Crippen LogP contribution is -2.01. The standard InChI is InChI=1S/C21H17FN6/c1-13(2)28-12-16(15-6-8-24-11-19(15)28)17-7-9-25-21(26-17)27-18-5-3-4-14(10-23)20(18)22/h3-9,11-13H,1-2H3,(H,25,26,27). The molecule has 3 aromatic heterocycles. The van der Waals surface area contributed by atoms with E-state index in [1.54, 1.807) is 24.5 Å². The molecule has 0 aliphatic carbocycles. The number of fused-ring (bicyclic) bond motifs is 1. The molecule has 0 spiro atoms. The molecule has 4 rings (SSSR count). The number of hydrogen-bond acceptors (Lipinski definition) is 5. The number of nitrogens with one attached hydrogen (secondary N) is 1. The van der Waals surface area contributed by atoms with Gasteiger partial charge in [-0.25, -0.2) is 14.4 Å². The summed E-state index contributed by atoms with van der Waals surface area (Å²) in [7, 11) is 0. The number of pyridine rings is 1. The molecule has 0 radical (unpaired) electrons. The lowest BCUT2D eigenvalue weighted by molar-refractivity contribution is 0.622. The van der Waals surface area contributed by atoms with Crippen LogP contribution in [0.5, 0.6) is 0 Å². The zero-order chi connectivity index (χ0) is 19.7. The molecule has 138 valence electrons. The molecule has 1 aromatic carbocycles. The average molecular weight is 372 g/mol. The van der Waals surface area contributed by atoms with Gasteiger partial charge in [-0.15, -0.1) is 0 Å². The Morgan fingerprint density at radius 2 is 2.04 bits per heavy atom. The first-order valence-electron chi connectivity index (χ1n) is 8.82. The molecule has 1 N–H and O–H groups in total. The first-order valence-corrected chi connectivity index (χ1v) is 8.82. The summed E-state index contributed by atoms with van der Waals surface area (Å²) in [6, 6.07) is 10.4. The summed E-state index contributed by atoms with van der Waals surface area (Å²) < 4.78 is 16.5. The van der Waals surface area contributed by atoms with Crippen LogP contribution < -0.4 is 5.32 Å². The van der Waals surface area contributed by atoms with E-state index in [-0.39, 0.29) is 23.2 Å². The molecule has 0 saturated carbocycles. The van der Waals surface area contributed by atoms with E-state index in [1.807, 2.05) is 30.6 Å². The Kier molecular flexibility index (Phi) is 4.45. The monoisotopic (exact) mass is 372 g/mol. The molecule has 0 fully saturated rings. The predicted octanol–water partition coefficient (Wildman–Crippen LogP) is 4.83. The SMILES string of the molecule is CC(C)n1cc(-c2ccnc(Nc3cccc(C#N)c3F)n2)c2ccncc21. The van der Waals surface area contributed by atoms with Gasteiger partial charge in [-0.3, -0.25) is 4.98 Å². The van der Waals surface area contributed by atoms with E-state index in [1.165, 1.54) is 6.07 Å². The summed E-state index contributed by atoms with van der Waals surface area (Å²) in [6.07, 6.45) is 7.25. The van der Waals surface area contributed by atoms with E-state index < -0.39 is 5.82 Å². The summed E-state index contributed by atoms with van der Waals surface area (Å²) in [6.45, 7) is 4.21. The van der Waals surface area contributed by atoms with Crippen LogP contribution in [-0.4, -0.2) is 19.5 Å². The number of rotatable bonds is 4. The minimum atomic E-state index is -0.624. The fourth-order valence-corrected chi connectivity index (χ4v) is 3.13. The van der Waals surface area contributed by atoms with E-state index in [9.17, 15) is 4.39 Å². The molecule has 0 aliphatic rings. The van der Waals surface area contributed by atoms with Gasteiger partial charge in [0, 0.05) is 35.6 Å². The van der Waals surface area contributed by atoms with Gasteiger partial charge >= 0.3 is 0 Å². The van der Waals surface area contributed by atoms with Gasteiger partial charge in [-0.05, 0) is 38.1 Å². The van der Waals surface area contributed by atoms with Gasteiger partial charge in [0.25, 0.3) is 0 Å². The molecule has 6 nitrogen and oxygen atoms in total. The molecule has 4 aromatic rings. The number of benzene rings is 1. The van der Waals surface area contributed by atoms with Crippen LogP contribution in [0.25, 0.3) is 22.2 Å². The quantitative estimate of drug-likeness (QED) is 0.555. The Labute approximate surface area is 161 Å². The topological polar surface area (TPSA) is 79.4 Å². The maximum atomic E-state index is 14.3. The Bertz CT molecular complexity index is 1210. The van der Waals surface area contributed by atoms with E-state index in [2.05, 4.69) is 38.7 Å². The van der Waals surface area contributed by atoms with Crippen molar-refractivity contribution >= 4 is 22.5 Å². The molecular weight excluding hydrogens is 355 g/mol. The molecule has 28 heavy (non-hydrogen) atoms. The zero-order valence-corrected chi connectivity index (χ0v) is 15.4. The van der Waals surface area contributed by atoms with E-state index in [0.717, 1.165) is 16.5 Å². The highest BCUT2D eigenvalue weighted by Crippen LogP contribution is 2.31. The van der Waals surface area contributed by atoms with Gasteiger partial charge < -0.3 is 9.88 Å². The fourth-order valence-electron chi connectivity index (χ4n) is 3.13. The van der Waals surface area contributed by atoms with Crippen molar-refractivity contribution in [3.8, 4) is 17.3 Å². The number of anilines is 2. The van der Waals surface area contributed by atoms with Crippen LogP contribution in [0.4, 0.5) is 16.0 Å². The Balaban J connectivity index is 1.77. The molecule has 3 heterocycles. The molecule has 0 aliphatic heterocycles. The van der Waals surface area contributed by atoms with Gasteiger partial charge in [0.2, 0.25) is 5.95 Å². The van der Waals surface area contributed by atoms with Crippen molar-refractivity contribution in [2.75, 3.05) is 5.32 Å². The van der Waals surface area contributed by atoms with E-state index >= 15 is 0 Å². The van der Waals surface area contributed by atoms with E-state index in [4.69, 9.17) is 5.26 Å². The number of hydrogen-bond donors (Lipinski definition) is 1. The van der Waals surface area contributed by atoms with Crippen LogP contribution >= 0.6 is 0 Å². The van der Waals surface area contributed by atoms with Crippen molar-refractivity contribution in [3.05, 3.63) is 66.5 Å². The second kappa shape index (κ2) is 7.08. The van der Waals surface area contributed by atoms with Gasteiger partial charge in [-0.2, -0.15) is 5.26 Å². The largest absolute Gasteiger partial charge is 0.343 e. The molecule has 7 heteroatoms. The van der Waals surface area contributed by atoms with Crippen LogP contribution in [-0.2, 0) is 0 Å². The number of aromatic nitrogens is 4. The highest BCUT2D eigenvalue weighted by molar-refractivity contribution is 5.94. The fraction of sp³-hybridized carbons (Fsp3) is 0.143. The molecular formula is C21H17FN6. The van der Waals surface area contributed by atoms with Crippen LogP contribution in [0.3, 0.4) is 0 Å². The first-order chi connectivity index (χ1) is 13.6. The Morgan fingerprint density at radius 3 is 2.82 bits per heavy atom. The highest BCUT2D eigenvalue weighted by Gasteiger charge is 2.14. The minimum absolute atomic E-state index is 0.0336. The minimum Gasteiger partial charge on any atom is -0.343 e. The Morgan fingerprint density at radius 1 is 1.18 bits per heavy atom.